The molecule has 0 fully saturated rings. The molecule has 0 atom stereocenters. The number of nitrogens with one attached hydrogen (secondary N) is 1. The number of aromatic nitrogens is 3. The lowest BCUT2D eigenvalue weighted by Gasteiger charge is -2.18. The molecule has 2 aromatic carbocycles. The zero-order valence-electron chi connectivity index (χ0n) is 17.7. The van der Waals surface area contributed by atoms with Crippen molar-refractivity contribution in [2.45, 2.75) is 33.5 Å². The summed E-state index contributed by atoms with van der Waals surface area (Å²) in [5.41, 5.74) is 0.660. The molecule has 164 valence electrons. The van der Waals surface area contributed by atoms with Gasteiger partial charge in [-0.15, -0.1) is 0 Å². The van der Waals surface area contributed by atoms with Crippen LogP contribution in [0.4, 0.5) is 8.78 Å². The fourth-order valence-electron chi connectivity index (χ4n) is 3.88. The van der Waals surface area contributed by atoms with Crippen molar-refractivity contribution in [3.63, 3.8) is 0 Å². The van der Waals surface area contributed by atoms with Crippen LogP contribution in [0.2, 0.25) is 0 Å². The van der Waals surface area contributed by atoms with E-state index in [2.05, 4.69) is 10.3 Å². The van der Waals surface area contributed by atoms with E-state index in [9.17, 15) is 18.4 Å². The van der Waals surface area contributed by atoms with Crippen LogP contribution in [0, 0.1) is 18.6 Å². The van der Waals surface area contributed by atoms with Gasteiger partial charge < -0.3 is 14.5 Å². The van der Waals surface area contributed by atoms with Crippen molar-refractivity contribution in [3.05, 3.63) is 99.5 Å². The van der Waals surface area contributed by atoms with E-state index >= 15 is 0 Å². The standard InChI is InChI=1S/C24H22F2N4O2/c1-3-29-11-10-27-20(29)14-30-15(2)21(18-8-5-9-19(26)22(18)24(30)32)23(31)28-13-16-6-4-7-17(25)12-16/h4-12H,3,13-14H2,1-2H3,(H,28,31). The molecule has 0 saturated carbocycles. The molecule has 0 aliphatic carbocycles. The quantitative estimate of drug-likeness (QED) is 0.500. The van der Waals surface area contributed by atoms with E-state index in [1.807, 2.05) is 11.5 Å². The first-order chi connectivity index (χ1) is 15.4. The van der Waals surface area contributed by atoms with Gasteiger partial charge in [0.05, 0.1) is 17.5 Å². The van der Waals surface area contributed by atoms with Gasteiger partial charge in [0.25, 0.3) is 11.5 Å². The number of pyridine rings is 1. The maximum Gasteiger partial charge on any atom is 0.262 e. The van der Waals surface area contributed by atoms with Gasteiger partial charge in [0.2, 0.25) is 0 Å². The number of rotatable bonds is 6. The average molecular weight is 436 g/mol. The Morgan fingerprint density at radius 3 is 2.69 bits per heavy atom. The Morgan fingerprint density at radius 1 is 1.16 bits per heavy atom. The highest BCUT2D eigenvalue weighted by Crippen LogP contribution is 2.22. The Labute approximate surface area is 183 Å². The molecule has 6 nitrogen and oxygen atoms in total. The highest BCUT2D eigenvalue weighted by molar-refractivity contribution is 6.07. The zero-order valence-corrected chi connectivity index (χ0v) is 17.7. The number of benzene rings is 2. The van der Waals surface area contributed by atoms with Crippen molar-refractivity contribution in [3.8, 4) is 0 Å². The molecule has 1 amide bonds. The van der Waals surface area contributed by atoms with Crippen molar-refractivity contribution < 1.29 is 13.6 Å². The fourth-order valence-corrected chi connectivity index (χ4v) is 3.88. The lowest BCUT2D eigenvalue weighted by molar-refractivity contribution is 0.0951. The van der Waals surface area contributed by atoms with E-state index in [1.54, 1.807) is 37.5 Å². The first-order valence-electron chi connectivity index (χ1n) is 10.2. The van der Waals surface area contributed by atoms with Crippen LogP contribution in [0.15, 0.2) is 59.7 Å². The molecule has 0 spiro atoms. The second-order valence-electron chi connectivity index (χ2n) is 7.46. The van der Waals surface area contributed by atoms with E-state index < -0.39 is 23.1 Å². The van der Waals surface area contributed by atoms with Crippen LogP contribution in [-0.2, 0) is 19.6 Å². The maximum atomic E-state index is 14.7. The number of fused-ring (bicyclic) bond motifs is 1. The zero-order chi connectivity index (χ0) is 22.8. The van der Waals surface area contributed by atoms with Crippen LogP contribution in [0.25, 0.3) is 10.8 Å². The summed E-state index contributed by atoms with van der Waals surface area (Å²) in [7, 11) is 0. The fraction of sp³-hybridized carbons (Fsp3) is 0.208. The van der Waals surface area contributed by atoms with Gasteiger partial charge in [-0.3, -0.25) is 9.59 Å². The third-order valence-corrected chi connectivity index (χ3v) is 5.52. The molecule has 8 heteroatoms. The van der Waals surface area contributed by atoms with Crippen LogP contribution in [0.3, 0.4) is 0 Å². The van der Waals surface area contributed by atoms with Gasteiger partial charge in [0, 0.05) is 36.6 Å². The van der Waals surface area contributed by atoms with Crippen LogP contribution in [0.1, 0.15) is 34.4 Å². The van der Waals surface area contributed by atoms with Crippen molar-refractivity contribution in [2.75, 3.05) is 0 Å². The molecule has 0 unspecified atom stereocenters. The molecule has 0 bridgehead atoms. The summed E-state index contributed by atoms with van der Waals surface area (Å²) in [4.78, 5) is 30.7. The SMILES string of the molecule is CCn1ccnc1Cn1c(C)c(C(=O)NCc2cccc(F)c2)c2cccc(F)c2c1=O. The summed E-state index contributed by atoms with van der Waals surface area (Å²) in [5.74, 6) is -0.950. The largest absolute Gasteiger partial charge is 0.348 e. The van der Waals surface area contributed by atoms with Gasteiger partial charge >= 0.3 is 0 Å². The van der Waals surface area contributed by atoms with Crippen molar-refractivity contribution in [2.24, 2.45) is 0 Å². The molecule has 0 radical (unpaired) electrons. The molecular formula is C24H22F2N4O2. The summed E-state index contributed by atoms with van der Waals surface area (Å²) in [6.07, 6.45) is 3.43. The predicted octanol–water partition coefficient (Wildman–Crippen LogP) is 3.78. The van der Waals surface area contributed by atoms with E-state index in [-0.39, 0.29) is 29.4 Å². The number of amides is 1. The Morgan fingerprint density at radius 2 is 1.94 bits per heavy atom. The number of carbonyl (C=O) groups excluding carboxylic acids is 1. The number of nitrogens with zero attached hydrogens (tertiary/aromatic N) is 3. The van der Waals surface area contributed by atoms with Gasteiger partial charge in [0.1, 0.15) is 17.5 Å². The van der Waals surface area contributed by atoms with Crippen LogP contribution in [-0.4, -0.2) is 20.0 Å². The van der Waals surface area contributed by atoms with Crippen LogP contribution in [0.5, 0.6) is 0 Å². The molecule has 2 aromatic heterocycles. The number of aryl methyl sites for hydroxylation is 1. The number of hydrogen-bond acceptors (Lipinski definition) is 3. The van der Waals surface area contributed by atoms with Crippen molar-refractivity contribution >= 4 is 16.7 Å². The smallest absolute Gasteiger partial charge is 0.262 e. The number of carbonyl (C=O) groups is 1. The summed E-state index contributed by atoms with van der Waals surface area (Å²) >= 11 is 0. The van der Waals surface area contributed by atoms with E-state index in [4.69, 9.17) is 0 Å². The van der Waals surface area contributed by atoms with E-state index in [1.165, 1.54) is 28.8 Å². The monoisotopic (exact) mass is 436 g/mol. The van der Waals surface area contributed by atoms with Gasteiger partial charge in [-0.05, 0) is 37.6 Å². The second kappa shape index (κ2) is 8.74. The summed E-state index contributed by atoms with van der Waals surface area (Å²) < 4.78 is 31.4. The van der Waals surface area contributed by atoms with E-state index in [0.29, 0.717) is 23.6 Å². The molecule has 4 rings (SSSR count). The van der Waals surface area contributed by atoms with Gasteiger partial charge in [-0.1, -0.05) is 24.3 Å². The molecule has 2 heterocycles. The van der Waals surface area contributed by atoms with Crippen molar-refractivity contribution in [1.82, 2.24) is 19.4 Å². The minimum Gasteiger partial charge on any atom is -0.348 e. The highest BCUT2D eigenvalue weighted by Gasteiger charge is 2.22. The first kappa shape index (κ1) is 21.4. The molecule has 0 aliphatic rings. The Bertz CT molecular complexity index is 1370. The predicted molar refractivity (Wildman–Crippen MR) is 117 cm³/mol. The third-order valence-electron chi connectivity index (χ3n) is 5.52. The van der Waals surface area contributed by atoms with Gasteiger partial charge in [0.15, 0.2) is 0 Å². The summed E-state index contributed by atoms with van der Waals surface area (Å²) in [5, 5.41) is 2.84. The van der Waals surface area contributed by atoms with Crippen LogP contribution >= 0.6 is 0 Å². The molecule has 32 heavy (non-hydrogen) atoms. The van der Waals surface area contributed by atoms with Gasteiger partial charge in [-0.25, -0.2) is 13.8 Å². The Hall–Kier alpha value is -3.81. The lowest BCUT2D eigenvalue weighted by Crippen LogP contribution is -2.31. The molecule has 4 aromatic rings. The number of halogens is 2. The van der Waals surface area contributed by atoms with Crippen molar-refractivity contribution in [1.29, 1.82) is 0 Å². The summed E-state index contributed by atoms with van der Waals surface area (Å²) in [6, 6.07) is 10.1. The van der Waals surface area contributed by atoms with Crippen LogP contribution < -0.4 is 10.9 Å². The minimum absolute atomic E-state index is 0.0895. The highest BCUT2D eigenvalue weighted by atomic mass is 19.1. The van der Waals surface area contributed by atoms with E-state index in [0.717, 1.165) is 0 Å². The maximum absolute atomic E-state index is 14.7. The summed E-state index contributed by atoms with van der Waals surface area (Å²) in [6.45, 7) is 4.45. The topological polar surface area (TPSA) is 68.9 Å². The first-order valence-corrected chi connectivity index (χ1v) is 10.2. The number of imidazole rings is 1. The lowest BCUT2D eigenvalue weighted by atomic mass is 10.0. The molecule has 1 N–H and O–H groups in total. The molecular weight excluding hydrogens is 414 g/mol. The Kier molecular flexibility index (Phi) is 5.85. The molecule has 0 aliphatic heterocycles. The number of hydrogen-bond donors (Lipinski definition) is 1. The Balaban J connectivity index is 1.81. The third kappa shape index (κ3) is 3.91. The molecule has 0 saturated heterocycles. The second-order valence-corrected chi connectivity index (χ2v) is 7.46. The average Bonchev–Trinajstić information content (AvgIpc) is 3.22. The minimum atomic E-state index is -0.695. The van der Waals surface area contributed by atoms with Gasteiger partial charge in [-0.2, -0.15) is 0 Å². The normalized spacial score (nSPS) is 11.1.